The van der Waals surface area contributed by atoms with Crippen LogP contribution in [0.15, 0.2) is 0 Å². The molecule has 1 aliphatic heterocycles. The zero-order valence-corrected chi connectivity index (χ0v) is 23.1. The Balaban J connectivity index is -0.00000120. The number of ketones is 1. The van der Waals surface area contributed by atoms with Gasteiger partial charge in [-0.15, -0.1) is 0 Å². The molecule has 31 heavy (non-hydrogen) atoms. The number of carboxylic acid groups (broad SMARTS) is 1. The summed E-state index contributed by atoms with van der Waals surface area (Å²) in [4.78, 5) is 37.0. The zero-order valence-electron chi connectivity index (χ0n) is 22.3. The fraction of sp³-hybridized carbons (Fsp3) is 0.880. The van der Waals surface area contributed by atoms with Gasteiger partial charge in [0.05, 0.1) is 17.9 Å². The van der Waals surface area contributed by atoms with E-state index in [-0.39, 0.29) is 23.5 Å². The van der Waals surface area contributed by atoms with Crippen molar-refractivity contribution >= 4 is 29.4 Å². The monoisotopic (exact) mass is 461 g/mol. The van der Waals surface area contributed by atoms with E-state index in [9.17, 15) is 19.5 Å². The topological polar surface area (TPSA) is 83.5 Å². The minimum Gasteiger partial charge on any atom is -0.481 e. The van der Waals surface area contributed by atoms with Crippen LogP contribution in [0.1, 0.15) is 95.9 Å². The summed E-state index contributed by atoms with van der Waals surface area (Å²) in [6, 6.07) is -0.609. The summed E-state index contributed by atoms with van der Waals surface area (Å²) in [5, 5.41) is 12.7. The van der Waals surface area contributed by atoms with Crippen LogP contribution in [0.3, 0.4) is 0 Å². The Kier molecular flexibility index (Phi) is 20.7. The molecule has 0 aromatic carbocycles. The number of carbonyl (C=O) groups is 3. The maximum absolute atomic E-state index is 13.0. The van der Waals surface area contributed by atoms with Gasteiger partial charge in [0, 0.05) is 0 Å². The van der Waals surface area contributed by atoms with Gasteiger partial charge in [-0.3, -0.25) is 14.4 Å². The number of amides is 1. The van der Waals surface area contributed by atoms with Gasteiger partial charge in [0.25, 0.3) is 0 Å². The fourth-order valence-corrected chi connectivity index (χ4v) is 4.95. The Morgan fingerprint density at radius 3 is 1.81 bits per heavy atom. The molecule has 2 N–H and O–H groups in total. The van der Waals surface area contributed by atoms with Crippen molar-refractivity contribution in [3.05, 3.63) is 0 Å². The third-order valence-electron chi connectivity index (χ3n) is 4.81. The van der Waals surface area contributed by atoms with Gasteiger partial charge in [-0.05, 0) is 48.5 Å². The predicted octanol–water partition coefficient (Wildman–Crippen LogP) is 6.30. The Morgan fingerprint density at radius 2 is 1.52 bits per heavy atom. The van der Waals surface area contributed by atoms with Crippen molar-refractivity contribution < 1.29 is 19.5 Å². The number of hydrogen-bond acceptors (Lipinski definition) is 4. The first-order chi connectivity index (χ1) is 14.4. The molecular weight excluding hydrogens is 410 g/mol. The molecule has 0 aromatic heterocycles. The maximum Gasteiger partial charge on any atom is 0.307 e. The third kappa shape index (κ3) is 13.2. The lowest BCUT2D eigenvalue weighted by Gasteiger charge is -2.33. The highest BCUT2D eigenvalue weighted by atomic mass is 32.2. The van der Waals surface area contributed by atoms with Crippen LogP contribution in [0.4, 0.5) is 0 Å². The Labute approximate surface area is 196 Å². The van der Waals surface area contributed by atoms with Crippen molar-refractivity contribution in [2.24, 2.45) is 29.1 Å². The van der Waals surface area contributed by atoms with E-state index in [4.69, 9.17) is 0 Å². The molecule has 1 rings (SSSR count). The summed E-state index contributed by atoms with van der Waals surface area (Å²) in [5.74, 6) is -0.643. The van der Waals surface area contributed by atoms with Crippen LogP contribution < -0.4 is 5.32 Å². The molecule has 0 radical (unpaired) electrons. The van der Waals surface area contributed by atoms with E-state index in [0.29, 0.717) is 6.42 Å². The Morgan fingerprint density at radius 1 is 1.03 bits per heavy atom. The van der Waals surface area contributed by atoms with Crippen LogP contribution in [-0.2, 0) is 14.4 Å². The van der Waals surface area contributed by atoms with Gasteiger partial charge >= 0.3 is 5.97 Å². The number of hydrogen-bond donors (Lipinski definition) is 2. The second-order valence-corrected chi connectivity index (χ2v) is 9.79. The van der Waals surface area contributed by atoms with Gasteiger partial charge < -0.3 is 10.4 Å². The number of carboxylic acids is 1. The van der Waals surface area contributed by atoms with Gasteiger partial charge in [-0.2, -0.15) is 11.8 Å². The van der Waals surface area contributed by atoms with E-state index in [2.05, 4.69) is 5.32 Å². The number of thioether (sulfide) groups is 1. The average molecular weight is 462 g/mol. The van der Waals surface area contributed by atoms with E-state index >= 15 is 0 Å². The average Bonchev–Trinajstić information content (AvgIpc) is 3.22. The summed E-state index contributed by atoms with van der Waals surface area (Å²) < 4.78 is 0. The third-order valence-corrected chi connectivity index (χ3v) is 6.00. The molecule has 0 spiro atoms. The second kappa shape index (κ2) is 18.5. The number of rotatable bonds is 8. The minimum absolute atomic E-state index is 0.0161. The van der Waals surface area contributed by atoms with Crippen LogP contribution in [0, 0.1) is 29.1 Å². The van der Waals surface area contributed by atoms with Crippen molar-refractivity contribution in [3.63, 3.8) is 0 Å². The van der Waals surface area contributed by atoms with E-state index in [0.717, 1.165) is 17.9 Å². The molecule has 2 unspecified atom stereocenters. The fourth-order valence-electron chi connectivity index (χ4n) is 3.64. The molecule has 1 fully saturated rings. The number of aliphatic carboxylic acids is 1. The maximum atomic E-state index is 13.0. The highest BCUT2D eigenvalue weighted by molar-refractivity contribution is 7.99. The van der Waals surface area contributed by atoms with Crippen molar-refractivity contribution in [3.8, 4) is 0 Å². The number of Topliss-reactive ketones (excluding diaryl/α,β-unsaturated/α-hetero) is 1. The first-order valence-electron chi connectivity index (χ1n) is 12.1. The minimum atomic E-state index is -0.900. The molecular formula is C25H51NO4S. The van der Waals surface area contributed by atoms with Gasteiger partial charge in [0.1, 0.15) is 0 Å². The van der Waals surface area contributed by atoms with Crippen LogP contribution in [-0.4, -0.2) is 40.3 Å². The standard InChI is InChI=1S/C19H33NO4S.3C2H6/c1-11(2)9-14(15(18(23)24)13-7-8-25-10-13)17(22)20-16(12(3)21)19(4,5)6;3*1-2/h11,13-16H,7-10H2,1-6H3,(H,20,22)(H,23,24);3*1-2H3/t13?,14?,15-,16+;;;/m0.../s1. The summed E-state index contributed by atoms with van der Waals surface area (Å²) in [7, 11) is 0. The molecule has 1 aliphatic rings. The summed E-state index contributed by atoms with van der Waals surface area (Å²) >= 11 is 1.75. The molecule has 6 heteroatoms. The molecule has 0 aliphatic carbocycles. The van der Waals surface area contributed by atoms with Crippen molar-refractivity contribution in [2.45, 2.75) is 102 Å². The molecule has 5 nitrogen and oxygen atoms in total. The second-order valence-electron chi connectivity index (χ2n) is 8.64. The van der Waals surface area contributed by atoms with Crippen LogP contribution in [0.25, 0.3) is 0 Å². The van der Waals surface area contributed by atoms with Gasteiger partial charge in [-0.25, -0.2) is 0 Å². The quantitative estimate of drug-likeness (QED) is 0.443. The number of carbonyl (C=O) groups excluding carboxylic acids is 2. The van der Waals surface area contributed by atoms with E-state index in [1.807, 2.05) is 76.2 Å². The Hall–Kier alpha value is -1.04. The molecule has 1 heterocycles. The summed E-state index contributed by atoms with van der Waals surface area (Å²) in [6.07, 6.45) is 1.34. The van der Waals surface area contributed by atoms with Crippen LogP contribution in [0.2, 0.25) is 0 Å². The first kappa shape index (κ1) is 34.6. The van der Waals surface area contributed by atoms with Crippen LogP contribution >= 0.6 is 11.8 Å². The molecule has 1 amide bonds. The molecule has 0 saturated carbocycles. The van der Waals surface area contributed by atoms with Crippen molar-refractivity contribution in [1.29, 1.82) is 0 Å². The smallest absolute Gasteiger partial charge is 0.307 e. The van der Waals surface area contributed by atoms with Gasteiger partial charge in [0.15, 0.2) is 5.78 Å². The lowest BCUT2D eigenvalue weighted by atomic mass is 9.76. The van der Waals surface area contributed by atoms with Crippen molar-refractivity contribution in [1.82, 2.24) is 5.32 Å². The van der Waals surface area contributed by atoms with E-state index in [1.54, 1.807) is 11.8 Å². The largest absolute Gasteiger partial charge is 0.481 e. The lowest BCUT2D eigenvalue weighted by Crippen LogP contribution is -2.52. The zero-order chi connectivity index (χ0) is 25.4. The number of nitrogens with one attached hydrogen (secondary N) is 1. The van der Waals surface area contributed by atoms with E-state index in [1.165, 1.54) is 6.92 Å². The SMILES string of the molecule is CC.CC.CC.CC(=O)[C@@H](NC(=O)C(CC(C)C)[C@@H](C(=O)O)C1CCSC1)C(C)(C)C. The lowest BCUT2D eigenvalue weighted by molar-refractivity contribution is -0.150. The molecule has 186 valence electrons. The Bertz CT molecular complexity index is 494. The highest BCUT2D eigenvalue weighted by Crippen LogP contribution is 2.37. The molecule has 1 saturated heterocycles. The first-order valence-corrected chi connectivity index (χ1v) is 13.2. The predicted molar refractivity (Wildman–Crippen MR) is 136 cm³/mol. The summed E-state index contributed by atoms with van der Waals surface area (Å²) in [5.41, 5.74) is -0.411. The van der Waals surface area contributed by atoms with Gasteiger partial charge in [-0.1, -0.05) is 76.2 Å². The van der Waals surface area contributed by atoms with E-state index < -0.39 is 29.3 Å². The normalized spacial score (nSPS) is 18.0. The van der Waals surface area contributed by atoms with Crippen molar-refractivity contribution in [2.75, 3.05) is 11.5 Å². The highest BCUT2D eigenvalue weighted by Gasteiger charge is 2.42. The van der Waals surface area contributed by atoms with Crippen LogP contribution in [0.5, 0.6) is 0 Å². The molecule has 0 aromatic rings. The van der Waals surface area contributed by atoms with Gasteiger partial charge in [0.2, 0.25) is 5.91 Å². The molecule has 4 atom stereocenters. The summed E-state index contributed by atoms with van der Waals surface area (Å²) in [6.45, 7) is 23.2. The molecule has 0 bridgehead atoms.